The van der Waals surface area contributed by atoms with E-state index in [0.717, 1.165) is 58.6 Å². The number of nitrogens with zero attached hydrogens (tertiary/aromatic N) is 1. The molecule has 4 nitrogen and oxygen atoms in total. The molecule has 0 amide bonds. The summed E-state index contributed by atoms with van der Waals surface area (Å²) in [4.78, 5) is 2.39. The summed E-state index contributed by atoms with van der Waals surface area (Å²) in [5.41, 5.74) is -0.0454. The number of ether oxygens (including phenoxy) is 2. The van der Waals surface area contributed by atoms with Gasteiger partial charge in [-0.15, -0.1) is 0 Å². The predicted octanol–water partition coefficient (Wildman–Crippen LogP) is 1.60. The van der Waals surface area contributed by atoms with Crippen molar-refractivity contribution < 1.29 is 9.47 Å². The van der Waals surface area contributed by atoms with Gasteiger partial charge in [0.2, 0.25) is 0 Å². The van der Waals surface area contributed by atoms with Crippen molar-refractivity contribution in [3.8, 4) is 0 Å². The fourth-order valence-electron chi connectivity index (χ4n) is 3.10. The van der Waals surface area contributed by atoms with E-state index in [1.165, 1.54) is 0 Å². The molecule has 0 saturated carbocycles. The molecule has 18 heavy (non-hydrogen) atoms. The van der Waals surface area contributed by atoms with Crippen LogP contribution < -0.4 is 5.32 Å². The Kier molecular flexibility index (Phi) is 4.64. The lowest BCUT2D eigenvalue weighted by molar-refractivity contribution is -0.189. The van der Waals surface area contributed by atoms with Crippen molar-refractivity contribution >= 4 is 0 Å². The SMILES string of the molecule is CCCC1(CCC)NCC2(COCCN2C)CO1. The zero-order chi connectivity index (χ0) is 13.1. The summed E-state index contributed by atoms with van der Waals surface area (Å²) in [5, 5.41) is 3.68. The summed E-state index contributed by atoms with van der Waals surface area (Å²) >= 11 is 0. The van der Waals surface area contributed by atoms with Crippen LogP contribution in [-0.2, 0) is 9.47 Å². The summed E-state index contributed by atoms with van der Waals surface area (Å²) in [6.07, 6.45) is 4.52. The van der Waals surface area contributed by atoms with Gasteiger partial charge in [0, 0.05) is 13.1 Å². The summed E-state index contributed by atoms with van der Waals surface area (Å²) in [6, 6.07) is 0. The molecule has 1 atom stereocenters. The fourth-order valence-corrected chi connectivity index (χ4v) is 3.10. The highest BCUT2D eigenvalue weighted by molar-refractivity contribution is 4.99. The van der Waals surface area contributed by atoms with Crippen LogP contribution in [0, 0.1) is 0 Å². The number of morpholine rings is 1. The molecule has 0 aromatic carbocycles. The van der Waals surface area contributed by atoms with Crippen LogP contribution in [0.2, 0.25) is 0 Å². The van der Waals surface area contributed by atoms with E-state index < -0.39 is 0 Å². The van der Waals surface area contributed by atoms with Crippen LogP contribution in [0.5, 0.6) is 0 Å². The van der Waals surface area contributed by atoms with Crippen molar-refractivity contribution in [1.29, 1.82) is 0 Å². The Hall–Kier alpha value is -0.160. The lowest BCUT2D eigenvalue weighted by Gasteiger charge is -2.52. The third-order valence-corrected chi connectivity index (χ3v) is 4.42. The first-order chi connectivity index (χ1) is 8.66. The second-order valence-corrected chi connectivity index (χ2v) is 5.84. The molecule has 106 valence electrons. The smallest absolute Gasteiger partial charge is 0.119 e. The second kappa shape index (κ2) is 5.87. The fraction of sp³-hybridized carbons (Fsp3) is 1.00. The van der Waals surface area contributed by atoms with Crippen LogP contribution in [0.4, 0.5) is 0 Å². The maximum Gasteiger partial charge on any atom is 0.119 e. The van der Waals surface area contributed by atoms with Crippen molar-refractivity contribution in [1.82, 2.24) is 10.2 Å². The van der Waals surface area contributed by atoms with Crippen LogP contribution in [0.15, 0.2) is 0 Å². The Morgan fingerprint density at radius 1 is 1.17 bits per heavy atom. The van der Waals surface area contributed by atoms with Gasteiger partial charge in [0.15, 0.2) is 0 Å². The Labute approximate surface area is 111 Å². The van der Waals surface area contributed by atoms with E-state index in [1.807, 2.05) is 0 Å². The van der Waals surface area contributed by atoms with E-state index in [2.05, 4.69) is 31.1 Å². The second-order valence-electron chi connectivity index (χ2n) is 5.84. The van der Waals surface area contributed by atoms with E-state index in [9.17, 15) is 0 Å². The standard InChI is InChI=1S/C14H28N2O2/c1-4-6-14(7-5-2)15-10-13(12-18-14)11-17-9-8-16(13)3/h15H,4-12H2,1-3H3. The van der Waals surface area contributed by atoms with Gasteiger partial charge in [0.25, 0.3) is 0 Å². The highest BCUT2D eigenvalue weighted by Crippen LogP contribution is 2.31. The Bertz CT molecular complexity index is 255. The minimum absolute atomic E-state index is 0.0449. The zero-order valence-corrected chi connectivity index (χ0v) is 12.1. The van der Waals surface area contributed by atoms with Crippen LogP contribution in [0.25, 0.3) is 0 Å². The van der Waals surface area contributed by atoms with Gasteiger partial charge in [-0.3, -0.25) is 10.2 Å². The average molecular weight is 256 g/mol. The number of rotatable bonds is 4. The van der Waals surface area contributed by atoms with E-state index in [-0.39, 0.29) is 11.3 Å². The number of hydrogen-bond acceptors (Lipinski definition) is 4. The highest BCUT2D eigenvalue weighted by Gasteiger charge is 2.46. The van der Waals surface area contributed by atoms with Gasteiger partial charge in [-0.2, -0.15) is 0 Å². The van der Waals surface area contributed by atoms with E-state index in [1.54, 1.807) is 0 Å². The Morgan fingerprint density at radius 2 is 1.89 bits per heavy atom. The van der Waals surface area contributed by atoms with Crippen LogP contribution in [0.1, 0.15) is 39.5 Å². The minimum Gasteiger partial charge on any atom is -0.378 e. The zero-order valence-electron chi connectivity index (χ0n) is 12.1. The van der Waals surface area contributed by atoms with Crippen molar-refractivity contribution in [3.63, 3.8) is 0 Å². The molecule has 1 unspecified atom stereocenters. The van der Waals surface area contributed by atoms with E-state index in [4.69, 9.17) is 9.47 Å². The molecule has 2 fully saturated rings. The highest BCUT2D eigenvalue weighted by atomic mass is 16.5. The van der Waals surface area contributed by atoms with E-state index in [0.29, 0.717) is 0 Å². The molecule has 2 saturated heterocycles. The average Bonchev–Trinajstić information content (AvgIpc) is 2.37. The van der Waals surface area contributed by atoms with Gasteiger partial charge in [0.05, 0.1) is 25.4 Å². The maximum atomic E-state index is 6.28. The molecule has 2 aliphatic rings. The van der Waals surface area contributed by atoms with Gasteiger partial charge < -0.3 is 9.47 Å². The molecule has 0 aliphatic carbocycles. The number of hydrogen-bond donors (Lipinski definition) is 1. The van der Waals surface area contributed by atoms with Gasteiger partial charge in [-0.1, -0.05) is 26.7 Å². The molecule has 0 aromatic heterocycles. The largest absolute Gasteiger partial charge is 0.378 e. The van der Waals surface area contributed by atoms with E-state index >= 15 is 0 Å². The Morgan fingerprint density at radius 3 is 2.39 bits per heavy atom. The predicted molar refractivity (Wildman–Crippen MR) is 72.7 cm³/mol. The lowest BCUT2D eigenvalue weighted by Crippen LogP contribution is -2.70. The molecule has 0 aromatic rings. The van der Waals surface area contributed by atoms with Gasteiger partial charge in [0.1, 0.15) is 5.72 Å². The normalized spacial score (nSPS) is 32.8. The van der Waals surface area contributed by atoms with Crippen molar-refractivity contribution in [2.75, 3.05) is 40.0 Å². The first-order valence-corrected chi connectivity index (χ1v) is 7.34. The minimum atomic E-state index is -0.0902. The van der Waals surface area contributed by atoms with Crippen LogP contribution in [-0.4, -0.2) is 56.1 Å². The summed E-state index contributed by atoms with van der Waals surface area (Å²) < 4.78 is 11.9. The Balaban J connectivity index is 2.00. The molecule has 2 heterocycles. The molecule has 2 aliphatic heterocycles. The molecular weight excluding hydrogens is 228 g/mol. The maximum absolute atomic E-state index is 6.28. The summed E-state index contributed by atoms with van der Waals surface area (Å²) in [6.45, 7) is 8.84. The molecule has 0 bridgehead atoms. The summed E-state index contributed by atoms with van der Waals surface area (Å²) in [5.74, 6) is 0. The van der Waals surface area contributed by atoms with Crippen molar-refractivity contribution in [2.24, 2.45) is 0 Å². The molecule has 4 heteroatoms. The lowest BCUT2D eigenvalue weighted by atomic mass is 9.92. The van der Waals surface area contributed by atoms with Gasteiger partial charge in [-0.05, 0) is 19.9 Å². The quantitative estimate of drug-likeness (QED) is 0.828. The van der Waals surface area contributed by atoms with Crippen molar-refractivity contribution in [2.45, 2.75) is 50.8 Å². The molecule has 1 N–H and O–H groups in total. The van der Waals surface area contributed by atoms with Gasteiger partial charge in [-0.25, -0.2) is 0 Å². The van der Waals surface area contributed by atoms with Crippen molar-refractivity contribution in [3.05, 3.63) is 0 Å². The van der Waals surface area contributed by atoms with Gasteiger partial charge >= 0.3 is 0 Å². The van der Waals surface area contributed by atoms with Crippen LogP contribution in [0.3, 0.4) is 0 Å². The third kappa shape index (κ3) is 2.72. The van der Waals surface area contributed by atoms with Crippen LogP contribution >= 0.6 is 0 Å². The first-order valence-electron chi connectivity index (χ1n) is 7.34. The topological polar surface area (TPSA) is 33.7 Å². The molecule has 1 spiro atoms. The first kappa shape index (κ1) is 14.3. The molecule has 0 radical (unpaired) electrons. The number of nitrogens with one attached hydrogen (secondary N) is 1. The molecular formula is C14H28N2O2. The summed E-state index contributed by atoms with van der Waals surface area (Å²) in [7, 11) is 2.18. The third-order valence-electron chi connectivity index (χ3n) is 4.42. The molecule has 2 rings (SSSR count). The number of likely N-dealkylation sites (N-methyl/N-ethyl adjacent to an activating group) is 1. The monoisotopic (exact) mass is 256 g/mol.